The topological polar surface area (TPSA) is 27.7 Å². The molecule has 0 saturated carbocycles. The van der Waals surface area contributed by atoms with Crippen LogP contribution >= 0.6 is 7.94 Å². The van der Waals surface area contributed by atoms with Crippen LogP contribution in [0, 0.1) is 0 Å². The van der Waals surface area contributed by atoms with Gasteiger partial charge < -0.3 is 0 Å². The number of unbranched alkanes of at least 4 members (excludes halogenated alkanes) is 14. The van der Waals surface area contributed by atoms with Crippen molar-refractivity contribution >= 4 is 13.2 Å². The van der Waals surface area contributed by atoms with Crippen molar-refractivity contribution in [1.29, 1.82) is 0 Å². The van der Waals surface area contributed by atoms with E-state index in [1.807, 2.05) is 36.4 Å². The van der Waals surface area contributed by atoms with E-state index in [1.165, 1.54) is 89.9 Å². The van der Waals surface area contributed by atoms with E-state index in [0.29, 0.717) is 13.2 Å². The third-order valence-corrected chi connectivity index (χ3v) is 9.42. The quantitative estimate of drug-likeness (QED) is 0.109. The molecule has 2 rings (SSSR count). The Kier molecular flexibility index (Phi) is 17.7. The normalized spacial score (nSPS) is 12.1. The second kappa shape index (κ2) is 20.6. The molecule has 2 aromatic rings. The van der Waals surface area contributed by atoms with Crippen molar-refractivity contribution in [3.05, 3.63) is 60.7 Å². The van der Waals surface area contributed by atoms with Crippen molar-refractivity contribution in [2.75, 3.05) is 13.2 Å². The van der Waals surface area contributed by atoms with Crippen molar-refractivity contribution in [2.24, 2.45) is 0 Å². The number of hydrogen-bond donors (Lipinski definition) is 0. The van der Waals surface area contributed by atoms with Crippen molar-refractivity contribution in [3.63, 3.8) is 0 Å². The fourth-order valence-corrected chi connectivity index (χ4v) is 7.02. The summed E-state index contributed by atoms with van der Waals surface area (Å²) in [5.41, 5.74) is 0. The summed E-state index contributed by atoms with van der Waals surface area (Å²) in [6, 6.07) is 20.4. The molecule has 36 heavy (non-hydrogen) atoms. The van der Waals surface area contributed by atoms with Gasteiger partial charge in [0.15, 0.2) is 0 Å². The van der Waals surface area contributed by atoms with Crippen molar-refractivity contribution in [2.45, 2.75) is 117 Å². The van der Waals surface area contributed by atoms with Gasteiger partial charge in [-0.2, -0.15) is 0 Å². The fraction of sp³-hybridized carbons (Fsp3) is 0.625. The van der Waals surface area contributed by atoms with E-state index in [2.05, 4.69) is 38.1 Å². The molecule has 0 amide bonds. The van der Waals surface area contributed by atoms with E-state index in [-0.39, 0.29) is 0 Å². The Balaban J connectivity index is 1.93. The summed E-state index contributed by atoms with van der Waals surface area (Å²) >= 11 is 0. The van der Waals surface area contributed by atoms with Gasteiger partial charge in [0.05, 0.1) is 0 Å². The molecule has 0 aliphatic rings. The zero-order valence-electron chi connectivity index (χ0n) is 23.2. The van der Waals surface area contributed by atoms with Crippen LogP contribution in [-0.2, 0) is 9.05 Å². The number of rotatable bonds is 23. The minimum atomic E-state index is -3.08. The molecule has 0 N–H and O–H groups in total. The van der Waals surface area contributed by atoms with E-state index in [1.54, 1.807) is 0 Å². The zero-order chi connectivity index (χ0) is 25.6. The first-order chi connectivity index (χ1) is 17.8. The predicted molar refractivity (Wildman–Crippen MR) is 159 cm³/mol. The monoisotopic (exact) mass is 516 g/mol. The fourth-order valence-electron chi connectivity index (χ4n) is 4.50. The molecule has 0 radical (unpaired) electrons. The molecular formula is C32H53O3P. The summed E-state index contributed by atoms with van der Waals surface area (Å²) < 4.78 is 19.9. The van der Waals surface area contributed by atoms with E-state index in [4.69, 9.17) is 13.6 Å². The molecule has 0 aliphatic carbocycles. The van der Waals surface area contributed by atoms with Gasteiger partial charge in [0.2, 0.25) is 0 Å². The Morgan fingerprint density at radius 2 is 0.861 bits per heavy atom. The number of para-hydroxylation sites is 1. The van der Waals surface area contributed by atoms with Gasteiger partial charge in [-0.15, -0.1) is 0 Å². The first-order valence-corrected chi connectivity index (χ1v) is 16.6. The van der Waals surface area contributed by atoms with E-state index >= 15 is 0 Å². The summed E-state index contributed by atoms with van der Waals surface area (Å²) in [5, 5.41) is 1.05. The Hall–Kier alpha value is -1.41. The average Bonchev–Trinajstić information content (AvgIpc) is 2.92. The summed E-state index contributed by atoms with van der Waals surface area (Å²) in [5.74, 6) is 0.819. The molecule has 204 valence electrons. The second-order valence-corrected chi connectivity index (χ2v) is 12.5. The van der Waals surface area contributed by atoms with Gasteiger partial charge in [-0.1, -0.05) is 0 Å². The van der Waals surface area contributed by atoms with Crippen LogP contribution in [-0.4, -0.2) is 13.2 Å². The van der Waals surface area contributed by atoms with Crippen molar-refractivity contribution in [1.82, 2.24) is 0 Å². The molecule has 0 spiro atoms. The van der Waals surface area contributed by atoms with Crippen molar-refractivity contribution < 1.29 is 13.6 Å². The summed E-state index contributed by atoms with van der Waals surface area (Å²) in [7, 11) is -3.08. The van der Waals surface area contributed by atoms with Gasteiger partial charge in [-0.05, 0) is 0 Å². The van der Waals surface area contributed by atoms with Gasteiger partial charge in [0.1, 0.15) is 0 Å². The van der Waals surface area contributed by atoms with E-state index in [0.717, 1.165) is 23.9 Å². The molecule has 3 nitrogen and oxygen atoms in total. The molecular weight excluding hydrogens is 463 g/mol. The molecule has 0 heterocycles. The molecule has 0 fully saturated rings. The van der Waals surface area contributed by atoms with Gasteiger partial charge in [0.25, 0.3) is 0 Å². The van der Waals surface area contributed by atoms with E-state index < -0.39 is 7.94 Å². The Bertz CT molecular complexity index is 716. The molecule has 0 atom stereocenters. The van der Waals surface area contributed by atoms with Crippen LogP contribution in [0.25, 0.3) is 0 Å². The van der Waals surface area contributed by atoms with Crippen LogP contribution in [0.15, 0.2) is 60.7 Å². The molecule has 0 unspecified atom stereocenters. The number of hydrogen-bond acceptors (Lipinski definition) is 3. The Morgan fingerprint density at radius 3 is 1.31 bits per heavy atom. The maximum absolute atomic E-state index is 6.63. The molecule has 0 aromatic heterocycles. The molecule has 2 aromatic carbocycles. The summed E-state index contributed by atoms with van der Waals surface area (Å²) in [6.45, 7) is 5.91. The summed E-state index contributed by atoms with van der Waals surface area (Å²) in [4.78, 5) is 0. The molecule has 0 saturated heterocycles. The predicted octanol–water partition coefficient (Wildman–Crippen LogP) is 10.2. The molecule has 4 heteroatoms. The second-order valence-electron chi connectivity index (χ2n) is 9.98. The van der Waals surface area contributed by atoms with Gasteiger partial charge in [-0.25, -0.2) is 0 Å². The van der Waals surface area contributed by atoms with Gasteiger partial charge in [0, 0.05) is 0 Å². The first-order valence-electron chi connectivity index (χ1n) is 14.9. The average molecular weight is 517 g/mol. The van der Waals surface area contributed by atoms with Gasteiger partial charge >= 0.3 is 223 Å². The van der Waals surface area contributed by atoms with Gasteiger partial charge in [-0.3, -0.25) is 0 Å². The van der Waals surface area contributed by atoms with Crippen LogP contribution in [0.5, 0.6) is 5.75 Å². The SMILES string of the molecule is CCCCCCCCCCO[PH](OCCCCCCCCCC)(Oc1ccccc1)c1ccccc1. The Morgan fingerprint density at radius 1 is 0.472 bits per heavy atom. The zero-order valence-corrected chi connectivity index (χ0v) is 24.2. The van der Waals surface area contributed by atoms with Crippen LogP contribution in [0.2, 0.25) is 0 Å². The number of benzene rings is 2. The van der Waals surface area contributed by atoms with Crippen LogP contribution in [0.3, 0.4) is 0 Å². The van der Waals surface area contributed by atoms with Crippen LogP contribution < -0.4 is 9.83 Å². The summed E-state index contributed by atoms with van der Waals surface area (Å²) in [6.07, 6.45) is 20.5. The third kappa shape index (κ3) is 13.2. The standard InChI is InChI=1S/C32H53O3P/c1-3-5-7-9-11-13-15-23-29-33-36(32-27-21-18-22-28-32,35-31-25-19-17-20-26-31)34-30-24-16-14-12-10-8-6-4-2/h17-22,25-28,36H,3-16,23-24,29-30H2,1-2H3. The maximum atomic E-state index is 6.63. The minimum absolute atomic E-state index is 0.681. The molecule has 0 bridgehead atoms. The Labute approximate surface area is 222 Å². The van der Waals surface area contributed by atoms with Crippen LogP contribution in [0.4, 0.5) is 0 Å². The molecule has 0 aliphatic heterocycles. The first kappa shape index (κ1) is 30.8. The van der Waals surface area contributed by atoms with E-state index in [9.17, 15) is 0 Å². The third-order valence-electron chi connectivity index (χ3n) is 6.70. The van der Waals surface area contributed by atoms with Crippen LogP contribution in [0.1, 0.15) is 117 Å². The van der Waals surface area contributed by atoms with Crippen molar-refractivity contribution in [3.8, 4) is 5.75 Å².